The second kappa shape index (κ2) is 7.87. The zero-order valence-electron chi connectivity index (χ0n) is 13.2. The van der Waals surface area contributed by atoms with Crippen molar-refractivity contribution in [1.82, 2.24) is 5.32 Å². The monoisotopic (exact) mass is 357 g/mol. The molecule has 25 heavy (non-hydrogen) atoms. The fourth-order valence-electron chi connectivity index (χ4n) is 2.00. The molecular weight excluding hydrogens is 342 g/mol. The van der Waals surface area contributed by atoms with Gasteiger partial charge in [0, 0.05) is 12.1 Å². The average molecular weight is 357 g/mol. The molecule has 0 atom stereocenters. The summed E-state index contributed by atoms with van der Waals surface area (Å²) in [7, 11) is 1.31. The van der Waals surface area contributed by atoms with Crippen molar-refractivity contribution in [2.24, 2.45) is 0 Å². The van der Waals surface area contributed by atoms with E-state index in [9.17, 15) is 22.4 Å². The summed E-state index contributed by atoms with van der Waals surface area (Å²) < 4.78 is 59.5. The lowest BCUT2D eigenvalue weighted by Crippen LogP contribution is -2.23. The first-order valence-electron chi connectivity index (χ1n) is 7.19. The second-order valence-electron chi connectivity index (χ2n) is 5.08. The summed E-state index contributed by atoms with van der Waals surface area (Å²) >= 11 is 0. The molecular formula is C17H15F4NO3. The van der Waals surface area contributed by atoms with Crippen LogP contribution in [0.2, 0.25) is 0 Å². The summed E-state index contributed by atoms with van der Waals surface area (Å²) in [4.78, 5) is 12.0. The topological polar surface area (TPSA) is 47.6 Å². The summed E-state index contributed by atoms with van der Waals surface area (Å²) in [5.74, 6) is -1.13. The van der Waals surface area contributed by atoms with Crippen LogP contribution in [0.25, 0.3) is 0 Å². The summed E-state index contributed by atoms with van der Waals surface area (Å²) in [5, 5.41) is 2.56. The van der Waals surface area contributed by atoms with Crippen LogP contribution >= 0.6 is 0 Å². The largest absolute Gasteiger partial charge is 0.494 e. The first kappa shape index (κ1) is 18.6. The van der Waals surface area contributed by atoms with E-state index in [1.165, 1.54) is 37.4 Å². The highest BCUT2D eigenvalue weighted by Gasteiger charge is 2.28. The lowest BCUT2D eigenvalue weighted by atomic mass is 10.1. The highest BCUT2D eigenvalue weighted by atomic mass is 19.4. The van der Waals surface area contributed by atoms with Gasteiger partial charge in [0.15, 0.2) is 18.2 Å². The van der Waals surface area contributed by atoms with E-state index in [1.54, 1.807) is 6.07 Å². The molecule has 2 aromatic rings. The van der Waals surface area contributed by atoms with E-state index in [0.717, 1.165) is 6.07 Å². The molecule has 0 bridgehead atoms. The molecule has 0 heterocycles. The molecule has 1 N–H and O–H groups in total. The number of carbonyl (C=O) groups is 1. The fraction of sp³-hybridized carbons (Fsp3) is 0.235. The molecule has 0 aliphatic carbocycles. The smallest absolute Gasteiger partial charge is 0.422 e. The van der Waals surface area contributed by atoms with Crippen molar-refractivity contribution in [2.45, 2.75) is 12.7 Å². The van der Waals surface area contributed by atoms with E-state index >= 15 is 0 Å². The van der Waals surface area contributed by atoms with E-state index in [4.69, 9.17) is 4.74 Å². The molecule has 0 radical (unpaired) electrons. The van der Waals surface area contributed by atoms with Gasteiger partial charge in [-0.2, -0.15) is 13.2 Å². The molecule has 2 aromatic carbocycles. The van der Waals surface area contributed by atoms with Gasteiger partial charge < -0.3 is 14.8 Å². The van der Waals surface area contributed by atoms with Gasteiger partial charge in [-0.1, -0.05) is 12.1 Å². The number of ether oxygens (including phenoxy) is 2. The van der Waals surface area contributed by atoms with Crippen LogP contribution in [0.15, 0.2) is 42.5 Å². The van der Waals surface area contributed by atoms with Crippen LogP contribution in [0.4, 0.5) is 17.6 Å². The number of halogens is 4. The van der Waals surface area contributed by atoms with Crippen molar-refractivity contribution >= 4 is 5.91 Å². The maximum atomic E-state index is 13.6. The van der Waals surface area contributed by atoms with E-state index in [-0.39, 0.29) is 23.6 Å². The minimum Gasteiger partial charge on any atom is -0.494 e. The molecule has 0 aromatic heterocycles. The standard InChI is InChI=1S/C17H15F4NO3/c1-24-15-6-5-12(8-14(15)18)16(23)22-9-11-3-2-4-13(7-11)25-10-17(19,20)21/h2-8H,9-10H2,1H3,(H,22,23). The van der Waals surface area contributed by atoms with Crippen LogP contribution in [-0.4, -0.2) is 25.8 Å². The SMILES string of the molecule is COc1ccc(C(=O)NCc2cccc(OCC(F)(F)F)c2)cc1F. The molecule has 0 aliphatic heterocycles. The van der Waals surface area contributed by atoms with Crippen LogP contribution in [0, 0.1) is 5.82 Å². The predicted octanol–water partition coefficient (Wildman–Crippen LogP) is 3.71. The van der Waals surface area contributed by atoms with Gasteiger partial charge in [-0.3, -0.25) is 4.79 Å². The predicted molar refractivity (Wildman–Crippen MR) is 82.1 cm³/mol. The van der Waals surface area contributed by atoms with Crippen molar-refractivity contribution in [3.8, 4) is 11.5 Å². The Morgan fingerprint density at radius 2 is 1.92 bits per heavy atom. The lowest BCUT2D eigenvalue weighted by molar-refractivity contribution is -0.153. The van der Waals surface area contributed by atoms with Crippen LogP contribution in [-0.2, 0) is 6.54 Å². The Kier molecular flexibility index (Phi) is 5.84. The van der Waals surface area contributed by atoms with E-state index in [0.29, 0.717) is 5.56 Å². The molecule has 2 rings (SSSR count). The highest BCUT2D eigenvalue weighted by molar-refractivity contribution is 5.94. The van der Waals surface area contributed by atoms with Crippen LogP contribution in [0.3, 0.4) is 0 Å². The molecule has 0 unspecified atom stereocenters. The van der Waals surface area contributed by atoms with E-state index in [1.807, 2.05) is 0 Å². The Morgan fingerprint density at radius 1 is 1.16 bits per heavy atom. The summed E-state index contributed by atoms with van der Waals surface area (Å²) in [6.07, 6.45) is -4.43. The maximum absolute atomic E-state index is 13.6. The van der Waals surface area contributed by atoms with Gasteiger partial charge in [-0.15, -0.1) is 0 Å². The Balaban J connectivity index is 1.96. The van der Waals surface area contributed by atoms with Crippen LogP contribution < -0.4 is 14.8 Å². The van der Waals surface area contributed by atoms with Crippen molar-refractivity contribution in [3.05, 3.63) is 59.4 Å². The minimum atomic E-state index is -4.43. The average Bonchev–Trinajstić information content (AvgIpc) is 2.57. The zero-order valence-corrected chi connectivity index (χ0v) is 13.2. The van der Waals surface area contributed by atoms with Gasteiger partial charge in [0.2, 0.25) is 0 Å². The molecule has 0 saturated carbocycles. The third-order valence-corrected chi connectivity index (χ3v) is 3.17. The van der Waals surface area contributed by atoms with Gasteiger partial charge in [0.05, 0.1) is 7.11 Å². The second-order valence-corrected chi connectivity index (χ2v) is 5.08. The molecule has 0 aliphatic rings. The number of amides is 1. The third kappa shape index (κ3) is 5.66. The zero-order chi connectivity index (χ0) is 18.4. The molecule has 8 heteroatoms. The number of rotatable bonds is 6. The number of benzene rings is 2. The quantitative estimate of drug-likeness (QED) is 0.802. The normalized spacial score (nSPS) is 11.1. The van der Waals surface area contributed by atoms with Gasteiger partial charge in [-0.25, -0.2) is 4.39 Å². The molecule has 134 valence electrons. The van der Waals surface area contributed by atoms with E-state index in [2.05, 4.69) is 10.1 Å². The fourth-order valence-corrected chi connectivity index (χ4v) is 2.00. The third-order valence-electron chi connectivity index (χ3n) is 3.17. The number of hydrogen-bond acceptors (Lipinski definition) is 3. The van der Waals surface area contributed by atoms with Gasteiger partial charge in [-0.05, 0) is 35.9 Å². The highest BCUT2D eigenvalue weighted by Crippen LogP contribution is 2.20. The molecule has 4 nitrogen and oxygen atoms in total. The van der Waals surface area contributed by atoms with E-state index < -0.39 is 24.5 Å². The number of methoxy groups -OCH3 is 1. The summed E-state index contributed by atoms with van der Waals surface area (Å²) in [6.45, 7) is -1.34. The van der Waals surface area contributed by atoms with Crippen LogP contribution in [0.5, 0.6) is 11.5 Å². The number of nitrogens with one attached hydrogen (secondary N) is 1. The first-order valence-corrected chi connectivity index (χ1v) is 7.19. The van der Waals surface area contributed by atoms with Crippen LogP contribution in [0.1, 0.15) is 15.9 Å². The van der Waals surface area contributed by atoms with Gasteiger partial charge >= 0.3 is 6.18 Å². The first-order chi connectivity index (χ1) is 11.8. The van der Waals surface area contributed by atoms with Crippen molar-refractivity contribution in [1.29, 1.82) is 0 Å². The van der Waals surface area contributed by atoms with Gasteiger partial charge in [0.1, 0.15) is 5.75 Å². The number of carbonyl (C=O) groups excluding carboxylic acids is 1. The molecule has 0 saturated heterocycles. The summed E-state index contributed by atoms with van der Waals surface area (Å²) in [6, 6.07) is 9.68. The number of alkyl halides is 3. The summed E-state index contributed by atoms with van der Waals surface area (Å²) in [5.41, 5.74) is 0.643. The molecule has 0 fully saturated rings. The van der Waals surface area contributed by atoms with Gasteiger partial charge in [0.25, 0.3) is 5.91 Å². The van der Waals surface area contributed by atoms with Crippen molar-refractivity contribution < 1.29 is 31.8 Å². The lowest BCUT2D eigenvalue weighted by Gasteiger charge is -2.11. The Hall–Kier alpha value is -2.77. The Bertz CT molecular complexity index is 747. The maximum Gasteiger partial charge on any atom is 0.422 e. The Morgan fingerprint density at radius 3 is 2.56 bits per heavy atom. The molecule has 0 spiro atoms. The molecule has 1 amide bonds. The Labute approximate surface area is 141 Å². The van der Waals surface area contributed by atoms with Crippen molar-refractivity contribution in [3.63, 3.8) is 0 Å². The minimum absolute atomic E-state index is 0.0195. The number of hydrogen-bond donors (Lipinski definition) is 1. The van der Waals surface area contributed by atoms with Crippen molar-refractivity contribution in [2.75, 3.05) is 13.7 Å².